The molecule has 3 aromatic rings. The predicted octanol–water partition coefficient (Wildman–Crippen LogP) is 1.86. The maximum atomic E-state index is 12.0. The van der Waals surface area contributed by atoms with E-state index in [4.69, 9.17) is 0 Å². The highest BCUT2D eigenvalue weighted by atomic mass is 16.1. The first-order valence-electron chi connectivity index (χ1n) is 8.44. The van der Waals surface area contributed by atoms with Crippen LogP contribution in [-0.4, -0.2) is 43.9 Å². The fraction of sp³-hybridized carbons (Fsp3) is 0.222. The number of pyridine rings is 1. The van der Waals surface area contributed by atoms with Gasteiger partial charge in [-0.05, 0) is 26.0 Å². The minimum Gasteiger partial charge on any atom is -0.368 e. The molecule has 0 unspecified atom stereocenters. The van der Waals surface area contributed by atoms with Crippen LogP contribution in [0.4, 0.5) is 17.5 Å². The molecule has 1 amide bonds. The summed E-state index contributed by atoms with van der Waals surface area (Å²) < 4.78 is 0. The van der Waals surface area contributed by atoms with E-state index >= 15 is 0 Å². The molecule has 9 nitrogen and oxygen atoms in total. The molecule has 0 aromatic carbocycles. The van der Waals surface area contributed by atoms with E-state index in [1.807, 2.05) is 32.0 Å². The van der Waals surface area contributed by atoms with E-state index in [1.165, 1.54) is 6.20 Å². The monoisotopic (exact) mass is 364 g/mol. The van der Waals surface area contributed by atoms with Crippen molar-refractivity contribution in [1.82, 2.24) is 30.2 Å². The molecule has 138 valence electrons. The van der Waals surface area contributed by atoms with Crippen molar-refractivity contribution in [3.05, 3.63) is 60.1 Å². The van der Waals surface area contributed by atoms with Crippen LogP contribution in [0.1, 0.15) is 22.0 Å². The second-order valence-corrected chi connectivity index (χ2v) is 5.75. The van der Waals surface area contributed by atoms with E-state index < -0.39 is 0 Å². The average molecular weight is 364 g/mol. The highest BCUT2D eigenvalue weighted by Gasteiger charge is 2.07. The molecule has 3 aromatic heterocycles. The Morgan fingerprint density at radius 2 is 1.81 bits per heavy atom. The lowest BCUT2D eigenvalue weighted by Gasteiger charge is -2.10. The van der Waals surface area contributed by atoms with Crippen LogP contribution in [0, 0.1) is 13.8 Å². The standard InChI is InChI=1S/C18H20N8O/c1-12-10-23-14(11-22-12)18(27)21-8-7-20-16-9-17(25-13(2)24-16)26-15-5-3-4-6-19-15/h3-6,9-11H,7-8H2,1-2H3,(H,21,27)(H2,19,20,24,25,26). The summed E-state index contributed by atoms with van der Waals surface area (Å²) in [4.78, 5) is 33.0. The van der Waals surface area contributed by atoms with Crippen LogP contribution in [0.3, 0.4) is 0 Å². The third kappa shape index (κ3) is 5.43. The Kier molecular flexibility index (Phi) is 5.83. The van der Waals surface area contributed by atoms with Gasteiger partial charge in [0, 0.05) is 31.5 Å². The van der Waals surface area contributed by atoms with E-state index in [0.717, 1.165) is 5.69 Å². The molecule has 3 heterocycles. The quantitative estimate of drug-likeness (QED) is 0.544. The zero-order valence-corrected chi connectivity index (χ0v) is 15.1. The molecule has 0 spiro atoms. The average Bonchev–Trinajstić information content (AvgIpc) is 2.66. The molecule has 0 aliphatic rings. The van der Waals surface area contributed by atoms with Crippen LogP contribution >= 0.6 is 0 Å². The molecule has 0 atom stereocenters. The van der Waals surface area contributed by atoms with Crippen molar-refractivity contribution in [3.8, 4) is 0 Å². The number of hydrogen-bond donors (Lipinski definition) is 3. The number of aryl methyl sites for hydroxylation is 2. The molecule has 0 bridgehead atoms. The van der Waals surface area contributed by atoms with Gasteiger partial charge in [0.05, 0.1) is 11.9 Å². The lowest BCUT2D eigenvalue weighted by molar-refractivity contribution is 0.0949. The Morgan fingerprint density at radius 1 is 0.963 bits per heavy atom. The minimum atomic E-state index is -0.263. The van der Waals surface area contributed by atoms with Crippen LogP contribution in [0.15, 0.2) is 42.9 Å². The van der Waals surface area contributed by atoms with Gasteiger partial charge < -0.3 is 16.0 Å². The summed E-state index contributed by atoms with van der Waals surface area (Å²) in [5.74, 6) is 2.36. The number of rotatable bonds is 7. The summed E-state index contributed by atoms with van der Waals surface area (Å²) in [6, 6.07) is 7.38. The second kappa shape index (κ2) is 8.65. The molecule has 0 saturated carbocycles. The zero-order chi connectivity index (χ0) is 19.1. The Bertz CT molecular complexity index is 899. The molecule has 0 fully saturated rings. The van der Waals surface area contributed by atoms with Crippen LogP contribution in [0.2, 0.25) is 0 Å². The number of anilines is 3. The summed E-state index contributed by atoms with van der Waals surface area (Å²) in [6.45, 7) is 4.55. The Morgan fingerprint density at radius 3 is 2.56 bits per heavy atom. The Hall–Kier alpha value is -3.62. The van der Waals surface area contributed by atoms with Gasteiger partial charge in [0.15, 0.2) is 0 Å². The molecule has 0 aliphatic heterocycles. The summed E-state index contributed by atoms with van der Waals surface area (Å²) in [7, 11) is 0. The topological polar surface area (TPSA) is 118 Å². The van der Waals surface area contributed by atoms with E-state index in [-0.39, 0.29) is 5.91 Å². The van der Waals surface area contributed by atoms with Gasteiger partial charge in [0.25, 0.3) is 5.91 Å². The van der Waals surface area contributed by atoms with Gasteiger partial charge in [0.2, 0.25) is 0 Å². The highest BCUT2D eigenvalue weighted by molar-refractivity contribution is 5.91. The Labute approximate surface area is 156 Å². The van der Waals surface area contributed by atoms with E-state index in [9.17, 15) is 4.79 Å². The predicted molar refractivity (Wildman–Crippen MR) is 102 cm³/mol. The molecule has 0 radical (unpaired) electrons. The largest absolute Gasteiger partial charge is 0.368 e. The van der Waals surface area contributed by atoms with Gasteiger partial charge in [-0.1, -0.05) is 6.07 Å². The fourth-order valence-corrected chi connectivity index (χ4v) is 2.26. The van der Waals surface area contributed by atoms with Crippen LogP contribution < -0.4 is 16.0 Å². The van der Waals surface area contributed by atoms with Gasteiger partial charge in [0.1, 0.15) is 29.0 Å². The van der Waals surface area contributed by atoms with Crippen molar-refractivity contribution in [3.63, 3.8) is 0 Å². The molecule has 3 rings (SSSR count). The molecule has 9 heteroatoms. The van der Waals surface area contributed by atoms with Crippen LogP contribution in [0.5, 0.6) is 0 Å². The molecule has 3 N–H and O–H groups in total. The smallest absolute Gasteiger partial charge is 0.271 e. The summed E-state index contributed by atoms with van der Waals surface area (Å²) in [5, 5.41) is 9.08. The minimum absolute atomic E-state index is 0.263. The normalized spacial score (nSPS) is 10.3. The highest BCUT2D eigenvalue weighted by Crippen LogP contribution is 2.15. The lowest BCUT2D eigenvalue weighted by Crippen LogP contribution is -2.29. The van der Waals surface area contributed by atoms with Gasteiger partial charge >= 0.3 is 0 Å². The summed E-state index contributed by atoms with van der Waals surface area (Å²) in [6.07, 6.45) is 4.73. The number of hydrogen-bond acceptors (Lipinski definition) is 8. The lowest BCUT2D eigenvalue weighted by atomic mass is 10.4. The number of carbonyl (C=O) groups excluding carboxylic acids is 1. The summed E-state index contributed by atoms with van der Waals surface area (Å²) in [5.41, 5.74) is 1.06. The van der Waals surface area contributed by atoms with Crippen molar-refractivity contribution < 1.29 is 4.79 Å². The first-order valence-corrected chi connectivity index (χ1v) is 8.44. The third-order valence-corrected chi connectivity index (χ3v) is 3.49. The second-order valence-electron chi connectivity index (χ2n) is 5.75. The number of carbonyl (C=O) groups is 1. The first kappa shape index (κ1) is 18.2. The SMILES string of the molecule is Cc1cnc(C(=O)NCCNc2cc(Nc3ccccn3)nc(C)n2)cn1. The summed E-state index contributed by atoms with van der Waals surface area (Å²) >= 11 is 0. The van der Waals surface area contributed by atoms with E-state index in [1.54, 1.807) is 18.5 Å². The molecule has 0 aliphatic carbocycles. The van der Waals surface area contributed by atoms with Gasteiger partial charge in [-0.2, -0.15) is 0 Å². The molecule has 27 heavy (non-hydrogen) atoms. The zero-order valence-electron chi connectivity index (χ0n) is 15.1. The van der Waals surface area contributed by atoms with Gasteiger partial charge in [-0.25, -0.2) is 19.9 Å². The molecular weight excluding hydrogens is 344 g/mol. The number of nitrogens with zero attached hydrogens (tertiary/aromatic N) is 5. The molecular formula is C18H20N8O. The number of amides is 1. The Balaban J connectivity index is 1.52. The number of nitrogens with one attached hydrogen (secondary N) is 3. The van der Waals surface area contributed by atoms with Crippen LogP contribution in [0.25, 0.3) is 0 Å². The third-order valence-electron chi connectivity index (χ3n) is 3.49. The van der Waals surface area contributed by atoms with Crippen molar-refractivity contribution in [2.45, 2.75) is 13.8 Å². The molecule has 0 saturated heterocycles. The maximum absolute atomic E-state index is 12.0. The van der Waals surface area contributed by atoms with Crippen molar-refractivity contribution >= 4 is 23.4 Å². The first-order chi connectivity index (χ1) is 13.1. The number of aromatic nitrogens is 5. The van der Waals surface area contributed by atoms with E-state index in [2.05, 4.69) is 40.9 Å². The maximum Gasteiger partial charge on any atom is 0.271 e. The van der Waals surface area contributed by atoms with Crippen LogP contribution in [-0.2, 0) is 0 Å². The van der Waals surface area contributed by atoms with Crippen molar-refractivity contribution in [2.24, 2.45) is 0 Å². The fourth-order valence-electron chi connectivity index (χ4n) is 2.26. The van der Waals surface area contributed by atoms with Gasteiger partial charge in [-0.15, -0.1) is 0 Å². The van der Waals surface area contributed by atoms with E-state index in [0.29, 0.717) is 42.1 Å². The van der Waals surface area contributed by atoms with Crippen molar-refractivity contribution in [2.75, 3.05) is 23.7 Å². The van der Waals surface area contributed by atoms with Crippen molar-refractivity contribution in [1.29, 1.82) is 0 Å². The van der Waals surface area contributed by atoms with Gasteiger partial charge in [-0.3, -0.25) is 9.78 Å².